The average molecular weight is 398 g/mol. The van der Waals surface area contributed by atoms with E-state index < -0.39 is 0 Å². The molecule has 2 aromatic rings. The van der Waals surface area contributed by atoms with Gasteiger partial charge in [-0.2, -0.15) is 0 Å². The highest BCUT2D eigenvalue weighted by Crippen LogP contribution is 2.32. The molecule has 0 bridgehead atoms. The van der Waals surface area contributed by atoms with Crippen molar-refractivity contribution >= 4 is 31.9 Å². The number of nitrogens with zero attached hydrogens (tertiary/aromatic N) is 1. The molecule has 20 heavy (non-hydrogen) atoms. The lowest BCUT2D eigenvalue weighted by Gasteiger charge is -2.25. The number of likely N-dealkylation sites (N-methyl/N-ethyl adjacent to an activating group) is 1. The highest BCUT2D eigenvalue weighted by Gasteiger charge is 2.21. The third-order valence-corrected chi connectivity index (χ3v) is 4.24. The third kappa shape index (κ3) is 3.90. The van der Waals surface area contributed by atoms with Gasteiger partial charge < -0.3 is 5.32 Å². The summed E-state index contributed by atoms with van der Waals surface area (Å²) in [5.41, 5.74) is 2.36. The van der Waals surface area contributed by atoms with E-state index in [1.54, 1.807) is 0 Å². The molecule has 0 aliphatic carbocycles. The molecule has 0 saturated carbocycles. The van der Waals surface area contributed by atoms with Gasteiger partial charge in [0.25, 0.3) is 0 Å². The normalized spacial score (nSPS) is 14.0. The van der Waals surface area contributed by atoms with Crippen LogP contribution in [-0.4, -0.2) is 11.5 Å². The van der Waals surface area contributed by atoms with Gasteiger partial charge in [-0.05, 0) is 42.4 Å². The summed E-state index contributed by atoms with van der Waals surface area (Å²) in [4.78, 5) is 4.49. The fraction of sp³-hybridized carbons (Fsp3) is 0.312. The van der Waals surface area contributed by atoms with Gasteiger partial charge in [0.2, 0.25) is 0 Å². The number of halogens is 2. The summed E-state index contributed by atoms with van der Waals surface area (Å²) in [6.45, 7) is 5.27. The summed E-state index contributed by atoms with van der Waals surface area (Å²) >= 11 is 7.13. The Labute approximate surface area is 137 Å². The summed E-state index contributed by atoms with van der Waals surface area (Å²) in [6, 6.07) is 12.7. The molecule has 2 rings (SSSR count). The van der Waals surface area contributed by atoms with E-state index in [0.29, 0.717) is 5.92 Å². The monoisotopic (exact) mass is 396 g/mol. The highest BCUT2D eigenvalue weighted by molar-refractivity contribution is 9.11. The average Bonchev–Trinajstić information content (AvgIpc) is 2.44. The molecule has 1 heterocycles. The molecule has 2 unspecified atom stereocenters. The smallest absolute Gasteiger partial charge is 0.0450 e. The van der Waals surface area contributed by atoms with Crippen LogP contribution in [0, 0.1) is 0 Å². The van der Waals surface area contributed by atoms with E-state index in [-0.39, 0.29) is 6.04 Å². The summed E-state index contributed by atoms with van der Waals surface area (Å²) in [5, 5.41) is 3.57. The molecule has 4 heteroatoms. The van der Waals surface area contributed by atoms with Crippen molar-refractivity contribution in [1.82, 2.24) is 10.3 Å². The fourth-order valence-corrected chi connectivity index (χ4v) is 3.70. The lowest BCUT2D eigenvalue weighted by Crippen LogP contribution is -2.26. The molecule has 0 spiro atoms. The zero-order valence-electron chi connectivity index (χ0n) is 11.6. The van der Waals surface area contributed by atoms with Gasteiger partial charge in [-0.25, -0.2) is 0 Å². The molecule has 2 atom stereocenters. The number of aromatic nitrogens is 1. The van der Waals surface area contributed by atoms with E-state index in [4.69, 9.17) is 0 Å². The maximum absolute atomic E-state index is 4.49. The molecule has 0 aliphatic rings. The van der Waals surface area contributed by atoms with Gasteiger partial charge in [0.1, 0.15) is 0 Å². The first-order valence-electron chi connectivity index (χ1n) is 6.72. The molecule has 0 amide bonds. The highest BCUT2D eigenvalue weighted by atomic mass is 79.9. The van der Waals surface area contributed by atoms with E-state index in [2.05, 4.69) is 80.3 Å². The minimum absolute atomic E-state index is 0.240. The number of hydrogen-bond donors (Lipinski definition) is 1. The Morgan fingerprint density at radius 3 is 2.40 bits per heavy atom. The van der Waals surface area contributed by atoms with Crippen molar-refractivity contribution in [3.05, 3.63) is 62.8 Å². The molecule has 1 aromatic carbocycles. The number of nitrogens with one attached hydrogen (secondary N) is 1. The van der Waals surface area contributed by atoms with Crippen LogP contribution >= 0.6 is 31.9 Å². The van der Waals surface area contributed by atoms with Crippen molar-refractivity contribution in [2.75, 3.05) is 6.54 Å². The minimum atomic E-state index is 0.240. The Balaban J connectivity index is 2.35. The summed E-state index contributed by atoms with van der Waals surface area (Å²) in [6.07, 6.45) is 1.85. The number of benzene rings is 1. The fourth-order valence-electron chi connectivity index (χ4n) is 2.37. The molecule has 1 aromatic heterocycles. The molecule has 1 N–H and O–H groups in total. The lowest BCUT2D eigenvalue weighted by atomic mass is 9.91. The SMILES string of the molecule is CCNC(c1cc(Br)cc(Br)c1)C(C)c1ccccn1. The second-order valence-electron chi connectivity index (χ2n) is 4.78. The maximum atomic E-state index is 4.49. The minimum Gasteiger partial charge on any atom is -0.310 e. The zero-order chi connectivity index (χ0) is 14.5. The van der Waals surface area contributed by atoms with Gasteiger partial charge in [0.05, 0.1) is 0 Å². The largest absolute Gasteiger partial charge is 0.310 e. The van der Waals surface area contributed by atoms with Crippen molar-refractivity contribution in [1.29, 1.82) is 0 Å². The Bertz CT molecular complexity index is 537. The van der Waals surface area contributed by atoms with E-state index in [9.17, 15) is 0 Å². The van der Waals surface area contributed by atoms with Gasteiger partial charge >= 0.3 is 0 Å². The molecule has 0 saturated heterocycles. The second kappa shape index (κ2) is 7.34. The van der Waals surface area contributed by atoms with Crippen molar-refractivity contribution in [2.24, 2.45) is 0 Å². The summed E-state index contributed by atoms with van der Waals surface area (Å²) < 4.78 is 2.16. The maximum Gasteiger partial charge on any atom is 0.0450 e. The first-order chi connectivity index (χ1) is 9.61. The molecule has 2 nitrogen and oxygen atoms in total. The van der Waals surface area contributed by atoms with Crippen LogP contribution in [0.1, 0.15) is 37.1 Å². The van der Waals surface area contributed by atoms with E-state index >= 15 is 0 Å². The number of hydrogen-bond acceptors (Lipinski definition) is 2. The molecule has 0 fully saturated rings. The van der Waals surface area contributed by atoms with Crippen LogP contribution in [0.15, 0.2) is 51.5 Å². The van der Waals surface area contributed by atoms with Gasteiger partial charge in [0.15, 0.2) is 0 Å². The lowest BCUT2D eigenvalue weighted by molar-refractivity contribution is 0.472. The zero-order valence-corrected chi connectivity index (χ0v) is 14.8. The van der Waals surface area contributed by atoms with E-state index in [1.165, 1.54) is 5.56 Å². The van der Waals surface area contributed by atoms with Crippen LogP contribution in [0.2, 0.25) is 0 Å². The van der Waals surface area contributed by atoms with Crippen molar-refractivity contribution < 1.29 is 0 Å². The Morgan fingerprint density at radius 2 is 1.85 bits per heavy atom. The molecule has 0 aliphatic heterocycles. The number of rotatable bonds is 5. The quantitative estimate of drug-likeness (QED) is 0.762. The van der Waals surface area contributed by atoms with Crippen LogP contribution in [0.4, 0.5) is 0 Å². The third-order valence-electron chi connectivity index (χ3n) is 3.32. The first kappa shape index (κ1) is 15.7. The standard InChI is InChI=1S/C16H18Br2N2/c1-3-19-16(11(2)15-6-4-5-7-20-15)12-8-13(17)10-14(18)9-12/h4-11,16,19H,3H2,1-2H3. The second-order valence-corrected chi connectivity index (χ2v) is 6.61. The molecule has 106 valence electrons. The Morgan fingerprint density at radius 1 is 1.15 bits per heavy atom. The molecular formula is C16H18Br2N2. The molecular weight excluding hydrogens is 380 g/mol. The van der Waals surface area contributed by atoms with Crippen LogP contribution in [0.5, 0.6) is 0 Å². The predicted molar refractivity (Wildman–Crippen MR) is 90.9 cm³/mol. The Hall–Kier alpha value is -0.710. The number of pyridine rings is 1. The van der Waals surface area contributed by atoms with Crippen molar-refractivity contribution in [3.8, 4) is 0 Å². The van der Waals surface area contributed by atoms with Crippen molar-refractivity contribution in [2.45, 2.75) is 25.8 Å². The van der Waals surface area contributed by atoms with Crippen LogP contribution in [0.25, 0.3) is 0 Å². The summed E-state index contributed by atoms with van der Waals surface area (Å²) in [7, 11) is 0. The van der Waals surface area contributed by atoms with Gasteiger partial charge in [0, 0.05) is 32.8 Å². The predicted octanol–water partition coefficient (Wildman–Crippen LogP) is 5.06. The summed E-state index contributed by atoms with van der Waals surface area (Å²) in [5.74, 6) is 0.303. The van der Waals surface area contributed by atoms with Crippen LogP contribution in [0.3, 0.4) is 0 Å². The van der Waals surface area contributed by atoms with Gasteiger partial charge in [-0.1, -0.05) is 51.8 Å². The van der Waals surface area contributed by atoms with E-state index in [0.717, 1.165) is 21.2 Å². The topological polar surface area (TPSA) is 24.9 Å². The van der Waals surface area contributed by atoms with Crippen LogP contribution in [-0.2, 0) is 0 Å². The first-order valence-corrected chi connectivity index (χ1v) is 8.30. The Kier molecular flexibility index (Phi) is 5.75. The van der Waals surface area contributed by atoms with E-state index in [1.807, 2.05) is 18.3 Å². The van der Waals surface area contributed by atoms with Gasteiger partial charge in [-0.3, -0.25) is 4.98 Å². The van der Waals surface area contributed by atoms with Gasteiger partial charge in [-0.15, -0.1) is 0 Å². The molecule has 0 radical (unpaired) electrons. The van der Waals surface area contributed by atoms with Crippen molar-refractivity contribution in [3.63, 3.8) is 0 Å². The van der Waals surface area contributed by atoms with Crippen LogP contribution < -0.4 is 5.32 Å².